The highest BCUT2D eigenvalue weighted by atomic mass is 16.5. The topological polar surface area (TPSA) is 78.6 Å². The van der Waals surface area contributed by atoms with Gasteiger partial charge in [-0.15, -0.1) is 0 Å². The Balaban J connectivity index is 2.95. The number of hydrogen-bond donors (Lipinski definition) is 1. The van der Waals surface area contributed by atoms with Crippen molar-refractivity contribution in [2.45, 2.75) is 18.9 Å². The van der Waals surface area contributed by atoms with E-state index in [2.05, 4.69) is 4.74 Å². The van der Waals surface area contributed by atoms with Crippen LogP contribution in [0.3, 0.4) is 0 Å². The summed E-state index contributed by atoms with van der Waals surface area (Å²) in [5.41, 5.74) is 5.64. The van der Waals surface area contributed by atoms with Gasteiger partial charge in [-0.2, -0.15) is 0 Å². The van der Waals surface area contributed by atoms with Crippen molar-refractivity contribution >= 4 is 18.0 Å². The molecule has 0 unspecified atom stereocenters. The second-order valence-electron chi connectivity index (χ2n) is 4.84. The van der Waals surface area contributed by atoms with Crippen molar-refractivity contribution in [1.82, 2.24) is 0 Å². The Hall–Kier alpha value is -2.14. The van der Waals surface area contributed by atoms with Crippen LogP contribution in [-0.2, 0) is 19.1 Å². The molecule has 2 atom stereocenters. The molecule has 5 nitrogen and oxygen atoms in total. The molecule has 0 aliphatic heterocycles. The lowest BCUT2D eigenvalue weighted by Crippen LogP contribution is -2.55. The predicted molar refractivity (Wildman–Crippen MR) is 80.2 cm³/mol. The molecule has 21 heavy (non-hydrogen) atoms. The zero-order valence-corrected chi connectivity index (χ0v) is 12.5. The molecule has 0 saturated heterocycles. The van der Waals surface area contributed by atoms with Crippen LogP contribution in [-0.4, -0.2) is 31.7 Å². The predicted octanol–water partition coefficient (Wildman–Crippen LogP) is 1.77. The molecule has 0 fully saturated rings. The Morgan fingerprint density at radius 1 is 1.24 bits per heavy atom. The quantitative estimate of drug-likeness (QED) is 0.808. The van der Waals surface area contributed by atoms with Crippen LogP contribution >= 0.6 is 0 Å². The number of rotatable bonds is 6. The monoisotopic (exact) mass is 291 g/mol. The lowest BCUT2D eigenvalue weighted by molar-refractivity contribution is -0.155. The maximum atomic E-state index is 11.9. The molecule has 0 amide bonds. The van der Waals surface area contributed by atoms with Gasteiger partial charge in [0.2, 0.25) is 0 Å². The van der Waals surface area contributed by atoms with Crippen molar-refractivity contribution in [3.63, 3.8) is 0 Å². The fourth-order valence-electron chi connectivity index (χ4n) is 1.91. The van der Waals surface area contributed by atoms with Crippen molar-refractivity contribution in [2.75, 3.05) is 14.2 Å². The Morgan fingerprint density at radius 3 is 2.38 bits per heavy atom. The van der Waals surface area contributed by atoms with Gasteiger partial charge in [-0.25, -0.2) is 0 Å². The minimum Gasteiger partial charge on any atom is -0.469 e. The Labute approximate surface area is 124 Å². The lowest BCUT2D eigenvalue weighted by atomic mass is 9.82. The summed E-state index contributed by atoms with van der Waals surface area (Å²) < 4.78 is 9.33. The van der Waals surface area contributed by atoms with Crippen LogP contribution in [0.15, 0.2) is 36.4 Å². The van der Waals surface area contributed by atoms with Crippen molar-refractivity contribution in [2.24, 2.45) is 11.7 Å². The average Bonchev–Trinajstić information content (AvgIpc) is 2.52. The first-order valence-corrected chi connectivity index (χ1v) is 6.61. The van der Waals surface area contributed by atoms with Crippen molar-refractivity contribution in [3.8, 4) is 0 Å². The molecule has 0 radical (unpaired) electrons. The third-order valence-corrected chi connectivity index (χ3v) is 3.42. The van der Waals surface area contributed by atoms with E-state index in [-0.39, 0.29) is 6.42 Å². The van der Waals surface area contributed by atoms with Gasteiger partial charge in [0.25, 0.3) is 0 Å². The number of ether oxygens (including phenoxy) is 2. The molecule has 0 bridgehead atoms. The molecule has 0 saturated carbocycles. The van der Waals surface area contributed by atoms with Crippen molar-refractivity contribution in [3.05, 3.63) is 42.0 Å². The molecule has 0 aliphatic rings. The largest absolute Gasteiger partial charge is 0.469 e. The van der Waals surface area contributed by atoms with E-state index in [0.717, 1.165) is 5.56 Å². The van der Waals surface area contributed by atoms with E-state index in [4.69, 9.17) is 10.5 Å². The van der Waals surface area contributed by atoms with Gasteiger partial charge in [0.15, 0.2) is 0 Å². The van der Waals surface area contributed by atoms with Gasteiger partial charge in [0.05, 0.1) is 20.6 Å². The van der Waals surface area contributed by atoms with Crippen LogP contribution in [0.5, 0.6) is 0 Å². The van der Waals surface area contributed by atoms with Gasteiger partial charge in [0.1, 0.15) is 5.54 Å². The van der Waals surface area contributed by atoms with E-state index in [1.54, 1.807) is 13.0 Å². The fraction of sp³-hybridized carbons (Fsp3) is 0.375. The maximum absolute atomic E-state index is 11.9. The van der Waals surface area contributed by atoms with E-state index in [0.29, 0.717) is 0 Å². The zero-order valence-electron chi connectivity index (χ0n) is 12.5. The molecule has 5 heteroatoms. The molecule has 1 aromatic carbocycles. The van der Waals surface area contributed by atoms with Gasteiger partial charge in [-0.3, -0.25) is 9.59 Å². The second kappa shape index (κ2) is 7.59. The van der Waals surface area contributed by atoms with Gasteiger partial charge in [0, 0.05) is 5.92 Å². The van der Waals surface area contributed by atoms with E-state index in [9.17, 15) is 9.59 Å². The van der Waals surface area contributed by atoms with Gasteiger partial charge in [-0.1, -0.05) is 49.4 Å². The van der Waals surface area contributed by atoms with E-state index >= 15 is 0 Å². The number of hydrogen-bond acceptors (Lipinski definition) is 5. The van der Waals surface area contributed by atoms with Crippen molar-refractivity contribution in [1.29, 1.82) is 0 Å². The van der Waals surface area contributed by atoms with E-state index in [1.165, 1.54) is 14.2 Å². The Bertz CT molecular complexity index is 512. The van der Waals surface area contributed by atoms with Crippen LogP contribution in [0.25, 0.3) is 6.08 Å². The second-order valence-corrected chi connectivity index (χ2v) is 4.84. The smallest absolute Gasteiger partial charge is 0.327 e. The number of methoxy groups -OCH3 is 2. The number of nitrogens with two attached hydrogens (primary N) is 1. The number of esters is 2. The third-order valence-electron chi connectivity index (χ3n) is 3.42. The minimum atomic E-state index is -1.45. The minimum absolute atomic E-state index is 0.240. The van der Waals surface area contributed by atoms with Crippen LogP contribution in [0.2, 0.25) is 0 Å². The maximum Gasteiger partial charge on any atom is 0.327 e. The summed E-state index contributed by atoms with van der Waals surface area (Å²) in [6, 6.07) is 9.60. The summed E-state index contributed by atoms with van der Waals surface area (Å²) in [7, 11) is 2.50. The van der Waals surface area contributed by atoms with Gasteiger partial charge >= 0.3 is 11.9 Å². The van der Waals surface area contributed by atoms with E-state index in [1.807, 2.05) is 36.4 Å². The van der Waals surface area contributed by atoms with Crippen LogP contribution in [0, 0.1) is 5.92 Å². The Morgan fingerprint density at radius 2 is 1.86 bits per heavy atom. The van der Waals surface area contributed by atoms with Crippen LogP contribution in [0.4, 0.5) is 0 Å². The van der Waals surface area contributed by atoms with Gasteiger partial charge in [-0.05, 0) is 5.56 Å². The molecule has 0 heterocycles. The van der Waals surface area contributed by atoms with Crippen LogP contribution < -0.4 is 5.73 Å². The zero-order chi connectivity index (χ0) is 15.9. The molecule has 0 spiro atoms. The molecule has 2 N–H and O–H groups in total. The highest BCUT2D eigenvalue weighted by molar-refractivity contribution is 5.87. The number of benzene rings is 1. The molecular weight excluding hydrogens is 270 g/mol. The van der Waals surface area contributed by atoms with E-state index < -0.39 is 23.4 Å². The van der Waals surface area contributed by atoms with Crippen molar-refractivity contribution < 1.29 is 19.1 Å². The average molecular weight is 291 g/mol. The number of carbonyl (C=O) groups is 2. The van der Waals surface area contributed by atoms with Gasteiger partial charge < -0.3 is 15.2 Å². The fourth-order valence-corrected chi connectivity index (χ4v) is 1.91. The SMILES string of the molecule is COC(=O)C[C@@](N)(C(=O)OC)[C@H](C)/C=C/c1ccccc1. The van der Waals surface area contributed by atoms with Crippen LogP contribution in [0.1, 0.15) is 18.9 Å². The normalized spacial score (nSPS) is 15.2. The molecule has 0 aliphatic carbocycles. The first kappa shape index (κ1) is 16.9. The molecule has 1 rings (SSSR count). The molecule has 114 valence electrons. The summed E-state index contributed by atoms with van der Waals surface area (Å²) in [6.45, 7) is 1.76. The number of carbonyl (C=O) groups excluding carboxylic acids is 2. The summed E-state index contributed by atoms with van der Waals surface area (Å²) in [5, 5.41) is 0. The standard InChI is InChI=1S/C16H21NO4/c1-12(9-10-13-7-5-4-6-8-13)16(17,15(19)21-3)11-14(18)20-2/h4-10,12H,11,17H2,1-3H3/b10-9+/t12-,16+/m1/s1. The highest BCUT2D eigenvalue weighted by Gasteiger charge is 2.42. The summed E-state index contributed by atoms with van der Waals surface area (Å²) in [6.07, 6.45) is 3.40. The molecule has 1 aromatic rings. The third kappa shape index (κ3) is 4.43. The first-order valence-electron chi connectivity index (χ1n) is 6.61. The highest BCUT2D eigenvalue weighted by Crippen LogP contribution is 2.23. The molecular formula is C16H21NO4. The summed E-state index contributed by atoms with van der Waals surface area (Å²) in [4.78, 5) is 23.4. The Kier molecular flexibility index (Phi) is 6.11. The molecule has 0 aromatic heterocycles. The summed E-state index contributed by atoms with van der Waals surface area (Å²) >= 11 is 0. The summed E-state index contributed by atoms with van der Waals surface area (Å²) in [5.74, 6) is -1.59. The first-order chi connectivity index (χ1) is 9.93. The lowest BCUT2D eigenvalue weighted by Gasteiger charge is -2.29.